The van der Waals surface area contributed by atoms with Crippen molar-refractivity contribution < 1.29 is 19.0 Å². The molecule has 7 nitrogen and oxygen atoms in total. The van der Waals surface area contributed by atoms with Crippen LogP contribution in [0.5, 0.6) is 5.75 Å². The molecule has 0 radical (unpaired) electrons. The summed E-state index contributed by atoms with van der Waals surface area (Å²) in [6.45, 7) is 5.95. The standard InChI is InChI=1S/C27H24ClFN4O3S/c1-27(2,3)23(33-26(34)35)10-8-19-13-21-24(37-19)25(31-15-30-21)32-18-7-9-22(20(28)12-18)36-14-16-5-4-6-17(29)11-16/h4-7,9,11-13,15,23,33H,14H2,1-3H3,(H,34,35)(H,30,31,32). The van der Waals surface area contributed by atoms with Crippen LogP contribution in [-0.4, -0.2) is 27.2 Å². The molecule has 0 spiro atoms. The van der Waals surface area contributed by atoms with Gasteiger partial charge >= 0.3 is 6.09 Å². The number of nitrogens with zero attached hydrogens (tertiary/aromatic N) is 2. The normalized spacial score (nSPS) is 11.9. The van der Waals surface area contributed by atoms with E-state index in [0.717, 1.165) is 9.58 Å². The number of benzene rings is 2. The maximum atomic E-state index is 13.4. The molecule has 0 aliphatic heterocycles. The number of carboxylic acid groups (broad SMARTS) is 1. The first-order valence-corrected chi connectivity index (χ1v) is 12.5. The largest absolute Gasteiger partial charge is 0.487 e. The second-order valence-corrected chi connectivity index (χ2v) is 10.7. The minimum absolute atomic E-state index is 0.188. The third-order valence-electron chi connectivity index (χ3n) is 5.26. The van der Waals surface area contributed by atoms with Gasteiger partial charge in [0.2, 0.25) is 0 Å². The molecule has 1 unspecified atom stereocenters. The highest BCUT2D eigenvalue weighted by Crippen LogP contribution is 2.33. The van der Waals surface area contributed by atoms with Crippen LogP contribution in [0, 0.1) is 23.1 Å². The summed E-state index contributed by atoms with van der Waals surface area (Å²) >= 11 is 7.83. The van der Waals surface area contributed by atoms with Crippen molar-refractivity contribution in [2.45, 2.75) is 33.4 Å². The zero-order valence-electron chi connectivity index (χ0n) is 20.3. The molecule has 10 heteroatoms. The van der Waals surface area contributed by atoms with Crippen molar-refractivity contribution in [3.05, 3.63) is 76.1 Å². The van der Waals surface area contributed by atoms with Gasteiger partial charge in [0.1, 0.15) is 24.5 Å². The quantitative estimate of drug-likeness (QED) is 0.233. The summed E-state index contributed by atoms with van der Waals surface area (Å²) in [5.41, 5.74) is 1.74. The molecule has 0 aliphatic rings. The minimum atomic E-state index is -1.12. The van der Waals surface area contributed by atoms with E-state index in [1.165, 1.54) is 29.8 Å². The van der Waals surface area contributed by atoms with Crippen LogP contribution in [0.3, 0.4) is 0 Å². The van der Waals surface area contributed by atoms with Gasteiger partial charge in [-0.3, -0.25) is 0 Å². The lowest BCUT2D eigenvalue weighted by Gasteiger charge is -2.25. The molecular weight excluding hydrogens is 515 g/mol. The van der Waals surface area contributed by atoms with Gasteiger partial charge in [0.15, 0.2) is 5.82 Å². The number of nitrogens with one attached hydrogen (secondary N) is 2. The number of ether oxygens (including phenoxy) is 1. The number of hydrogen-bond acceptors (Lipinski definition) is 6. The average Bonchev–Trinajstić information content (AvgIpc) is 3.24. The summed E-state index contributed by atoms with van der Waals surface area (Å²) in [5, 5.41) is 15.2. The van der Waals surface area contributed by atoms with Crippen molar-refractivity contribution in [3.8, 4) is 17.6 Å². The van der Waals surface area contributed by atoms with E-state index in [4.69, 9.17) is 21.4 Å². The first kappa shape index (κ1) is 26.2. The van der Waals surface area contributed by atoms with E-state index in [-0.39, 0.29) is 17.8 Å². The van der Waals surface area contributed by atoms with Crippen molar-refractivity contribution in [1.82, 2.24) is 15.3 Å². The summed E-state index contributed by atoms with van der Waals surface area (Å²) < 4.78 is 19.9. The van der Waals surface area contributed by atoms with Crippen LogP contribution in [0.25, 0.3) is 10.2 Å². The van der Waals surface area contributed by atoms with E-state index in [1.807, 2.05) is 26.8 Å². The summed E-state index contributed by atoms with van der Waals surface area (Å²) in [4.78, 5) is 20.6. The lowest BCUT2D eigenvalue weighted by Crippen LogP contribution is -2.42. The highest BCUT2D eigenvalue weighted by molar-refractivity contribution is 7.20. The Hall–Kier alpha value is -3.87. The number of carbonyl (C=O) groups is 1. The third kappa shape index (κ3) is 6.88. The van der Waals surface area contributed by atoms with Crippen LogP contribution in [0.2, 0.25) is 5.02 Å². The minimum Gasteiger partial charge on any atom is -0.487 e. The Bertz CT molecular complexity index is 1510. The Morgan fingerprint density at radius 1 is 1.22 bits per heavy atom. The van der Waals surface area contributed by atoms with E-state index in [2.05, 4.69) is 32.4 Å². The van der Waals surface area contributed by atoms with Gasteiger partial charge in [-0.25, -0.2) is 19.2 Å². The van der Waals surface area contributed by atoms with Gasteiger partial charge < -0.3 is 20.5 Å². The first-order valence-electron chi connectivity index (χ1n) is 11.3. The van der Waals surface area contributed by atoms with E-state index in [1.54, 1.807) is 30.3 Å². The average molecular weight is 539 g/mol. The van der Waals surface area contributed by atoms with Crippen LogP contribution in [0.4, 0.5) is 20.7 Å². The molecule has 2 aromatic carbocycles. The lowest BCUT2D eigenvalue weighted by atomic mass is 9.87. The Morgan fingerprint density at radius 3 is 2.73 bits per heavy atom. The monoisotopic (exact) mass is 538 g/mol. The molecule has 1 atom stereocenters. The topological polar surface area (TPSA) is 96.4 Å². The van der Waals surface area contributed by atoms with Crippen LogP contribution < -0.4 is 15.4 Å². The fourth-order valence-corrected chi connectivity index (χ4v) is 4.51. The van der Waals surface area contributed by atoms with Gasteiger partial charge in [-0.15, -0.1) is 11.3 Å². The Kier molecular flexibility index (Phi) is 7.81. The first-order chi connectivity index (χ1) is 17.6. The molecule has 190 valence electrons. The molecule has 2 aromatic heterocycles. The van der Waals surface area contributed by atoms with Crippen molar-refractivity contribution in [2.75, 3.05) is 5.32 Å². The second kappa shape index (κ2) is 11.0. The maximum Gasteiger partial charge on any atom is 0.405 e. The van der Waals surface area contributed by atoms with Crippen LogP contribution in [0.1, 0.15) is 31.2 Å². The number of thiophene rings is 1. The summed E-state index contributed by atoms with van der Waals surface area (Å²) in [7, 11) is 0. The van der Waals surface area contributed by atoms with E-state index >= 15 is 0 Å². The van der Waals surface area contributed by atoms with Crippen LogP contribution >= 0.6 is 22.9 Å². The molecule has 2 heterocycles. The molecule has 1 amide bonds. The highest BCUT2D eigenvalue weighted by atomic mass is 35.5. The molecule has 0 aliphatic carbocycles. The maximum absolute atomic E-state index is 13.4. The summed E-state index contributed by atoms with van der Waals surface area (Å²) in [6.07, 6.45) is 0.336. The Morgan fingerprint density at radius 2 is 2.03 bits per heavy atom. The summed E-state index contributed by atoms with van der Waals surface area (Å²) in [5.74, 6) is 6.83. The van der Waals surface area contributed by atoms with Crippen molar-refractivity contribution in [2.24, 2.45) is 5.41 Å². The second-order valence-electron chi connectivity index (χ2n) is 9.25. The van der Waals surface area contributed by atoms with Gasteiger partial charge in [-0.05, 0) is 47.4 Å². The van der Waals surface area contributed by atoms with E-state index in [0.29, 0.717) is 33.4 Å². The molecule has 37 heavy (non-hydrogen) atoms. The molecule has 0 saturated heterocycles. The Balaban J connectivity index is 1.51. The number of amides is 1. The fraction of sp³-hybridized carbons (Fsp3) is 0.222. The van der Waals surface area contributed by atoms with Crippen molar-refractivity contribution >= 4 is 50.8 Å². The van der Waals surface area contributed by atoms with Gasteiger partial charge in [0.05, 0.1) is 26.2 Å². The number of fused-ring (bicyclic) bond motifs is 1. The fourth-order valence-electron chi connectivity index (χ4n) is 3.36. The SMILES string of the molecule is CC(C)(C)C(C#Cc1cc2ncnc(Nc3ccc(OCc4cccc(F)c4)c(Cl)c3)c2s1)NC(=O)O. The zero-order valence-corrected chi connectivity index (χ0v) is 21.9. The molecule has 0 saturated carbocycles. The zero-order chi connectivity index (χ0) is 26.6. The number of rotatable bonds is 6. The highest BCUT2D eigenvalue weighted by Gasteiger charge is 2.24. The molecule has 0 bridgehead atoms. The number of anilines is 2. The van der Waals surface area contributed by atoms with Gasteiger partial charge in [0.25, 0.3) is 0 Å². The molecule has 3 N–H and O–H groups in total. The number of aromatic nitrogens is 2. The smallest absolute Gasteiger partial charge is 0.405 e. The Labute approximate surface area is 222 Å². The molecule has 4 aromatic rings. The third-order valence-corrected chi connectivity index (χ3v) is 6.60. The predicted molar refractivity (Wildman–Crippen MR) is 144 cm³/mol. The van der Waals surface area contributed by atoms with E-state index < -0.39 is 12.1 Å². The lowest BCUT2D eigenvalue weighted by molar-refractivity contribution is 0.183. The van der Waals surface area contributed by atoms with Crippen LogP contribution in [-0.2, 0) is 6.61 Å². The predicted octanol–water partition coefficient (Wildman–Crippen LogP) is 6.84. The number of hydrogen-bond donors (Lipinski definition) is 3. The van der Waals surface area contributed by atoms with Crippen LogP contribution in [0.15, 0.2) is 54.9 Å². The van der Waals surface area contributed by atoms with Gasteiger partial charge in [0, 0.05) is 5.69 Å². The van der Waals surface area contributed by atoms with Crippen molar-refractivity contribution in [1.29, 1.82) is 0 Å². The molecule has 0 fully saturated rings. The van der Waals surface area contributed by atoms with Gasteiger partial charge in [-0.1, -0.05) is 56.3 Å². The molecule has 4 rings (SSSR count). The summed E-state index contributed by atoms with van der Waals surface area (Å²) in [6, 6.07) is 12.8. The molecular formula is C27H24ClFN4O3S. The van der Waals surface area contributed by atoms with Crippen molar-refractivity contribution in [3.63, 3.8) is 0 Å². The van der Waals surface area contributed by atoms with E-state index in [9.17, 15) is 9.18 Å². The number of halogens is 2. The van der Waals surface area contributed by atoms with Gasteiger partial charge in [-0.2, -0.15) is 0 Å².